The minimum Gasteiger partial charge on any atom is -0.449 e. The standard InChI is InChI=1S/C12H9ClFNO4/c1-2-5-9(13)7(14)3-6-10(5)15-4-8(11(6)16)19-12(17)18/h3-4H,2H2,1H3,(H,15,16)(H,17,18). The molecule has 0 aliphatic carbocycles. The van der Waals surface area contributed by atoms with E-state index in [0.717, 1.165) is 12.3 Å². The molecule has 1 aromatic carbocycles. The Morgan fingerprint density at radius 2 is 2.26 bits per heavy atom. The lowest BCUT2D eigenvalue weighted by Gasteiger charge is -2.09. The lowest BCUT2D eigenvalue weighted by atomic mass is 10.1. The number of aromatic amines is 1. The fraction of sp³-hybridized carbons (Fsp3) is 0.167. The van der Waals surface area contributed by atoms with Crippen LogP contribution in [0.1, 0.15) is 12.5 Å². The third-order valence-electron chi connectivity index (χ3n) is 2.68. The van der Waals surface area contributed by atoms with Crippen molar-refractivity contribution in [3.8, 4) is 5.75 Å². The van der Waals surface area contributed by atoms with Gasteiger partial charge in [0.1, 0.15) is 5.82 Å². The van der Waals surface area contributed by atoms with E-state index in [2.05, 4.69) is 9.72 Å². The molecule has 1 aromatic heterocycles. The number of ether oxygens (including phenoxy) is 1. The molecule has 0 saturated carbocycles. The second-order valence-corrected chi connectivity index (χ2v) is 4.16. The van der Waals surface area contributed by atoms with Crippen molar-refractivity contribution in [1.82, 2.24) is 4.98 Å². The van der Waals surface area contributed by atoms with Gasteiger partial charge in [-0.3, -0.25) is 4.79 Å². The first-order valence-corrected chi connectivity index (χ1v) is 5.76. The van der Waals surface area contributed by atoms with Crippen LogP contribution in [0.4, 0.5) is 9.18 Å². The summed E-state index contributed by atoms with van der Waals surface area (Å²) >= 11 is 5.83. The fourth-order valence-corrected chi connectivity index (χ4v) is 2.14. The van der Waals surface area contributed by atoms with Gasteiger partial charge in [-0.2, -0.15) is 0 Å². The topological polar surface area (TPSA) is 79.4 Å². The Bertz CT molecular complexity index is 726. The van der Waals surface area contributed by atoms with E-state index in [1.54, 1.807) is 6.92 Å². The fourth-order valence-electron chi connectivity index (χ4n) is 1.86. The smallest absolute Gasteiger partial charge is 0.449 e. The number of carboxylic acid groups (broad SMARTS) is 1. The Hall–Kier alpha value is -2.08. The van der Waals surface area contributed by atoms with E-state index in [4.69, 9.17) is 16.7 Å². The minimum absolute atomic E-state index is 0.00231. The number of carbonyl (C=O) groups is 1. The molecule has 1 heterocycles. The van der Waals surface area contributed by atoms with Crippen LogP contribution in [0.3, 0.4) is 0 Å². The lowest BCUT2D eigenvalue weighted by molar-refractivity contribution is 0.144. The molecule has 0 fully saturated rings. The average molecular weight is 286 g/mol. The van der Waals surface area contributed by atoms with Gasteiger partial charge in [-0.05, 0) is 18.1 Å². The summed E-state index contributed by atoms with van der Waals surface area (Å²) in [5, 5.41) is 8.43. The van der Waals surface area contributed by atoms with Crippen molar-refractivity contribution in [3.63, 3.8) is 0 Å². The molecule has 0 amide bonds. The van der Waals surface area contributed by atoms with Crippen molar-refractivity contribution in [1.29, 1.82) is 0 Å². The number of hydrogen-bond donors (Lipinski definition) is 2. The molecule has 0 unspecified atom stereocenters. The van der Waals surface area contributed by atoms with Crippen LogP contribution in [-0.2, 0) is 6.42 Å². The van der Waals surface area contributed by atoms with Crippen LogP contribution < -0.4 is 10.2 Å². The summed E-state index contributed by atoms with van der Waals surface area (Å²) in [6, 6.07) is 0.963. The van der Waals surface area contributed by atoms with E-state index in [9.17, 15) is 14.0 Å². The second kappa shape index (κ2) is 4.89. The molecule has 0 aliphatic rings. The molecule has 5 nitrogen and oxygen atoms in total. The maximum atomic E-state index is 13.6. The number of nitrogens with one attached hydrogen (secondary N) is 1. The molecule has 0 aliphatic heterocycles. The second-order valence-electron chi connectivity index (χ2n) is 3.78. The molecule has 2 rings (SSSR count). The summed E-state index contributed by atoms with van der Waals surface area (Å²) in [4.78, 5) is 25.1. The summed E-state index contributed by atoms with van der Waals surface area (Å²) in [5.74, 6) is -1.15. The van der Waals surface area contributed by atoms with Gasteiger partial charge in [-0.25, -0.2) is 9.18 Å². The number of halogens is 2. The minimum atomic E-state index is -1.62. The number of aromatic nitrogens is 1. The molecule has 2 N–H and O–H groups in total. The summed E-state index contributed by atoms with van der Waals surface area (Å²) in [7, 11) is 0. The van der Waals surface area contributed by atoms with Gasteiger partial charge in [-0.1, -0.05) is 18.5 Å². The Morgan fingerprint density at radius 3 is 2.84 bits per heavy atom. The first kappa shape index (κ1) is 13.4. The van der Waals surface area contributed by atoms with Crippen LogP contribution in [0, 0.1) is 5.82 Å². The number of fused-ring (bicyclic) bond motifs is 1. The van der Waals surface area contributed by atoms with Crippen LogP contribution in [0.25, 0.3) is 10.9 Å². The molecule has 100 valence electrons. The van der Waals surface area contributed by atoms with E-state index in [-0.39, 0.29) is 10.4 Å². The first-order chi connectivity index (χ1) is 8.95. The number of H-pyrrole nitrogens is 1. The third kappa shape index (κ3) is 2.26. The van der Waals surface area contributed by atoms with Crippen molar-refractivity contribution in [2.24, 2.45) is 0 Å². The zero-order chi connectivity index (χ0) is 14.2. The predicted octanol–water partition coefficient (Wildman–Crippen LogP) is 2.94. The van der Waals surface area contributed by atoms with Gasteiger partial charge < -0.3 is 14.8 Å². The Labute approximate surface area is 111 Å². The van der Waals surface area contributed by atoms with Crippen LogP contribution in [0.2, 0.25) is 5.02 Å². The van der Waals surface area contributed by atoms with E-state index in [1.807, 2.05) is 0 Å². The lowest BCUT2D eigenvalue weighted by Crippen LogP contribution is -2.14. The number of pyridine rings is 1. The van der Waals surface area contributed by atoms with Gasteiger partial charge in [0, 0.05) is 6.20 Å². The molecule has 7 heteroatoms. The number of hydrogen-bond acceptors (Lipinski definition) is 3. The monoisotopic (exact) mass is 285 g/mol. The molecule has 19 heavy (non-hydrogen) atoms. The average Bonchev–Trinajstić information content (AvgIpc) is 2.35. The SMILES string of the molecule is CCc1c(Cl)c(F)cc2c(=O)c(OC(=O)O)c[nH]c12. The van der Waals surface area contributed by atoms with Gasteiger partial charge in [-0.15, -0.1) is 0 Å². The largest absolute Gasteiger partial charge is 0.511 e. The van der Waals surface area contributed by atoms with Crippen molar-refractivity contribution >= 4 is 28.7 Å². The van der Waals surface area contributed by atoms with Crippen LogP contribution in [0.5, 0.6) is 5.75 Å². The Kier molecular flexibility index (Phi) is 3.44. The van der Waals surface area contributed by atoms with Gasteiger partial charge in [0.25, 0.3) is 0 Å². The predicted molar refractivity (Wildman–Crippen MR) is 67.6 cm³/mol. The van der Waals surface area contributed by atoms with Gasteiger partial charge in [0.2, 0.25) is 5.43 Å². The highest BCUT2D eigenvalue weighted by atomic mass is 35.5. The van der Waals surface area contributed by atoms with Gasteiger partial charge in [0.05, 0.1) is 15.9 Å². The summed E-state index contributed by atoms with van der Waals surface area (Å²) in [6.07, 6.45) is -0.0797. The highest BCUT2D eigenvalue weighted by molar-refractivity contribution is 6.32. The van der Waals surface area contributed by atoms with Crippen LogP contribution in [-0.4, -0.2) is 16.2 Å². The highest BCUT2D eigenvalue weighted by Gasteiger charge is 2.16. The van der Waals surface area contributed by atoms with Gasteiger partial charge >= 0.3 is 6.16 Å². The summed E-state index contributed by atoms with van der Waals surface area (Å²) in [5.41, 5.74) is 0.119. The maximum absolute atomic E-state index is 13.6. The normalized spacial score (nSPS) is 10.7. The molecule has 0 bridgehead atoms. The number of aryl methyl sites for hydroxylation is 1. The van der Waals surface area contributed by atoms with E-state index >= 15 is 0 Å². The van der Waals surface area contributed by atoms with Gasteiger partial charge in [0.15, 0.2) is 5.75 Å². The molecule has 0 radical (unpaired) electrons. The van der Waals surface area contributed by atoms with Crippen LogP contribution >= 0.6 is 11.6 Å². The van der Waals surface area contributed by atoms with E-state index in [1.165, 1.54) is 0 Å². The number of rotatable bonds is 2. The first-order valence-electron chi connectivity index (χ1n) is 5.38. The Morgan fingerprint density at radius 1 is 1.58 bits per heavy atom. The quantitative estimate of drug-likeness (QED) is 0.832. The van der Waals surface area contributed by atoms with Crippen LogP contribution in [0.15, 0.2) is 17.1 Å². The van der Waals surface area contributed by atoms with Crippen molar-refractivity contribution in [3.05, 3.63) is 38.9 Å². The molecule has 2 aromatic rings. The molecular weight excluding hydrogens is 277 g/mol. The Balaban J connectivity index is 2.81. The summed E-state index contributed by atoms with van der Waals surface area (Å²) < 4.78 is 17.9. The summed E-state index contributed by atoms with van der Waals surface area (Å²) in [6.45, 7) is 1.76. The third-order valence-corrected chi connectivity index (χ3v) is 3.09. The van der Waals surface area contributed by atoms with E-state index in [0.29, 0.717) is 17.5 Å². The molecule has 0 saturated heterocycles. The van der Waals surface area contributed by atoms with Crippen molar-refractivity contribution in [2.75, 3.05) is 0 Å². The highest BCUT2D eigenvalue weighted by Crippen LogP contribution is 2.27. The molecule has 0 atom stereocenters. The zero-order valence-electron chi connectivity index (χ0n) is 9.79. The van der Waals surface area contributed by atoms with Crippen molar-refractivity contribution in [2.45, 2.75) is 13.3 Å². The maximum Gasteiger partial charge on any atom is 0.511 e. The van der Waals surface area contributed by atoms with Crippen molar-refractivity contribution < 1.29 is 19.0 Å². The number of benzene rings is 1. The molecular formula is C12H9ClFNO4. The molecule has 0 spiro atoms. The van der Waals surface area contributed by atoms with E-state index < -0.39 is 23.2 Å². The zero-order valence-corrected chi connectivity index (χ0v) is 10.5.